The molecule has 11 heavy (non-hydrogen) atoms. The molecular weight excluding hydrogens is 170 g/mol. The van der Waals surface area contributed by atoms with E-state index in [4.69, 9.17) is 0 Å². The summed E-state index contributed by atoms with van der Waals surface area (Å²) >= 11 is 1.63. The van der Waals surface area contributed by atoms with Crippen molar-refractivity contribution in [2.45, 2.75) is 0 Å². The third-order valence-corrected chi connectivity index (χ3v) is 2.31. The van der Waals surface area contributed by atoms with Crippen LogP contribution in [0.4, 0.5) is 4.39 Å². The minimum atomic E-state index is -0.161. The second-order valence-electron chi connectivity index (χ2n) is 2.10. The molecule has 0 saturated carbocycles. The Bertz CT molecular complexity index is 356. The van der Waals surface area contributed by atoms with Gasteiger partial charge in [0.2, 0.25) is 0 Å². The van der Waals surface area contributed by atoms with E-state index in [0.717, 1.165) is 10.1 Å². The van der Waals surface area contributed by atoms with E-state index in [1.165, 1.54) is 6.07 Å². The van der Waals surface area contributed by atoms with E-state index in [-0.39, 0.29) is 35.4 Å². The third-order valence-electron chi connectivity index (χ3n) is 1.41. The van der Waals surface area contributed by atoms with Crippen molar-refractivity contribution in [3.8, 4) is 0 Å². The van der Waals surface area contributed by atoms with Crippen LogP contribution >= 0.6 is 11.3 Å². The fourth-order valence-corrected chi connectivity index (χ4v) is 1.71. The molecule has 51 valence electrons. The number of rotatable bonds is 0. The summed E-state index contributed by atoms with van der Waals surface area (Å²) in [6.07, 6.45) is 0. The Labute approximate surface area is 90.3 Å². The summed E-state index contributed by atoms with van der Waals surface area (Å²) in [4.78, 5) is 0. The average molecular weight is 175 g/mol. The Kier molecular flexibility index (Phi) is 3.07. The number of benzene rings is 1. The van der Waals surface area contributed by atoms with Gasteiger partial charge in [0.25, 0.3) is 0 Å². The van der Waals surface area contributed by atoms with Crippen molar-refractivity contribution in [3.63, 3.8) is 0 Å². The summed E-state index contributed by atoms with van der Waals surface area (Å²) in [5, 5.41) is 2.95. The van der Waals surface area contributed by atoms with Gasteiger partial charge in [0.1, 0.15) is 5.82 Å². The number of fused-ring (bicyclic) bond motifs is 1. The van der Waals surface area contributed by atoms with Crippen LogP contribution in [0.15, 0.2) is 29.6 Å². The predicted octanol–water partition coefficient (Wildman–Crippen LogP) is 2.66. The van der Waals surface area contributed by atoms with E-state index < -0.39 is 0 Å². The fraction of sp³-hybridized carbons (Fsp3) is 0. The van der Waals surface area contributed by atoms with Crippen molar-refractivity contribution in [3.05, 3.63) is 35.5 Å². The largest absolute Gasteiger partial charge is 0.207 e. The Balaban J connectivity index is 0.000000605. The van der Waals surface area contributed by atoms with Gasteiger partial charge in [-0.1, -0.05) is 0 Å². The summed E-state index contributed by atoms with van der Waals surface area (Å²) < 4.78 is 13.7. The van der Waals surface area contributed by atoms with Gasteiger partial charge >= 0.3 is 0 Å². The Morgan fingerprint density at radius 2 is 2.00 bits per heavy atom. The minimum absolute atomic E-state index is 0. The Hall–Kier alpha value is 0.110. The van der Waals surface area contributed by atoms with Crippen LogP contribution in [0, 0.1) is 5.82 Å². The van der Waals surface area contributed by atoms with Crippen LogP contribution < -0.4 is 0 Å². The molecule has 2 rings (SSSR count). The van der Waals surface area contributed by atoms with E-state index in [0.29, 0.717) is 0 Å². The topological polar surface area (TPSA) is 0 Å². The second-order valence-corrected chi connectivity index (χ2v) is 3.05. The van der Waals surface area contributed by atoms with Gasteiger partial charge in [-0.05, 0) is 35.0 Å². The molecule has 2 aromatic rings. The summed E-state index contributed by atoms with van der Waals surface area (Å²) in [6, 6.07) is 6.75. The third kappa shape index (κ3) is 1.82. The number of hydrogen-bond acceptors (Lipinski definition) is 1. The van der Waals surface area contributed by atoms with Gasteiger partial charge in [0, 0.05) is 34.3 Å². The van der Waals surface area contributed by atoms with Crippen molar-refractivity contribution >= 4 is 51.0 Å². The zero-order valence-corrected chi connectivity index (χ0v) is 8.99. The molecule has 3 heteroatoms. The average Bonchev–Trinajstić information content (AvgIpc) is 2.33. The first-order valence-electron chi connectivity index (χ1n) is 2.99. The van der Waals surface area contributed by atoms with E-state index in [1.54, 1.807) is 23.5 Å². The number of halogens is 1. The van der Waals surface area contributed by atoms with E-state index in [1.807, 2.05) is 11.4 Å². The SMILES string of the molecule is Fc1ccc2sccc2c1.[Na]. The smallest absolute Gasteiger partial charge is 0.123 e. The van der Waals surface area contributed by atoms with Gasteiger partial charge in [-0.2, -0.15) is 0 Å². The van der Waals surface area contributed by atoms with Crippen molar-refractivity contribution < 1.29 is 4.39 Å². The van der Waals surface area contributed by atoms with E-state index in [9.17, 15) is 4.39 Å². The molecule has 1 aromatic heterocycles. The first-order chi connectivity index (χ1) is 4.86. The van der Waals surface area contributed by atoms with Crippen molar-refractivity contribution in [1.82, 2.24) is 0 Å². The molecule has 1 radical (unpaired) electrons. The van der Waals surface area contributed by atoms with Crippen LogP contribution in [0.3, 0.4) is 0 Å². The molecule has 0 aliphatic rings. The first-order valence-corrected chi connectivity index (χ1v) is 3.87. The predicted molar refractivity (Wildman–Crippen MR) is 47.5 cm³/mol. The van der Waals surface area contributed by atoms with Crippen LogP contribution in [0.5, 0.6) is 0 Å². The maximum Gasteiger partial charge on any atom is 0.123 e. The zero-order chi connectivity index (χ0) is 6.97. The molecule has 1 aromatic carbocycles. The fourth-order valence-electron chi connectivity index (χ4n) is 0.938. The molecule has 0 aliphatic carbocycles. The maximum absolute atomic E-state index is 12.5. The molecular formula is C8H5FNaS. The molecule has 0 saturated heterocycles. The van der Waals surface area contributed by atoms with Gasteiger partial charge in [0.05, 0.1) is 0 Å². The van der Waals surface area contributed by atoms with Crippen LogP contribution in [0.1, 0.15) is 0 Å². The molecule has 0 nitrogen and oxygen atoms in total. The van der Waals surface area contributed by atoms with Crippen LogP contribution in [0.25, 0.3) is 10.1 Å². The minimum Gasteiger partial charge on any atom is -0.207 e. The van der Waals surface area contributed by atoms with Gasteiger partial charge in [-0.3, -0.25) is 0 Å². The summed E-state index contributed by atoms with van der Waals surface area (Å²) in [6.45, 7) is 0. The molecule has 0 bridgehead atoms. The van der Waals surface area contributed by atoms with Crippen LogP contribution in [-0.4, -0.2) is 29.6 Å². The first kappa shape index (κ1) is 9.20. The normalized spacial score (nSPS) is 9.55. The number of hydrogen-bond donors (Lipinski definition) is 0. The summed E-state index contributed by atoms with van der Waals surface area (Å²) in [5.41, 5.74) is 0. The monoisotopic (exact) mass is 175 g/mol. The van der Waals surface area contributed by atoms with Gasteiger partial charge in [-0.25, -0.2) is 4.39 Å². The second kappa shape index (κ2) is 3.68. The van der Waals surface area contributed by atoms with Gasteiger partial charge in [0.15, 0.2) is 0 Å². The standard InChI is InChI=1S/C8H5FS.Na/c9-7-1-2-8-6(5-7)3-4-10-8;/h1-5H;. The molecule has 0 unspecified atom stereocenters. The Morgan fingerprint density at radius 3 is 2.82 bits per heavy atom. The van der Waals surface area contributed by atoms with E-state index in [2.05, 4.69) is 0 Å². The van der Waals surface area contributed by atoms with Crippen LogP contribution in [0.2, 0.25) is 0 Å². The van der Waals surface area contributed by atoms with Crippen LogP contribution in [-0.2, 0) is 0 Å². The summed E-state index contributed by atoms with van der Waals surface area (Å²) in [7, 11) is 0. The van der Waals surface area contributed by atoms with E-state index >= 15 is 0 Å². The maximum atomic E-state index is 12.5. The molecule has 0 N–H and O–H groups in total. The van der Waals surface area contributed by atoms with Gasteiger partial charge < -0.3 is 0 Å². The van der Waals surface area contributed by atoms with Crippen molar-refractivity contribution in [1.29, 1.82) is 0 Å². The summed E-state index contributed by atoms with van der Waals surface area (Å²) in [5.74, 6) is -0.161. The molecule has 0 amide bonds. The zero-order valence-electron chi connectivity index (χ0n) is 6.17. The quantitative estimate of drug-likeness (QED) is 0.540. The Morgan fingerprint density at radius 1 is 1.18 bits per heavy atom. The molecule has 0 aliphatic heterocycles. The number of thiophene rings is 1. The van der Waals surface area contributed by atoms with Crippen molar-refractivity contribution in [2.24, 2.45) is 0 Å². The van der Waals surface area contributed by atoms with Gasteiger partial charge in [-0.15, -0.1) is 11.3 Å². The van der Waals surface area contributed by atoms with Crippen molar-refractivity contribution in [2.75, 3.05) is 0 Å². The molecule has 1 heterocycles. The molecule has 0 atom stereocenters. The molecule has 0 spiro atoms. The molecule has 0 fully saturated rings.